The van der Waals surface area contributed by atoms with Gasteiger partial charge in [-0.15, -0.1) is 0 Å². The van der Waals surface area contributed by atoms with E-state index in [-0.39, 0.29) is 12.5 Å². The monoisotopic (exact) mass is 281 g/mol. The van der Waals surface area contributed by atoms with Crippen LogP contribution in [0.2, 0.25) is 0 Å². The Balaban J connectivity index is 2.32. The van der Waals surface area contributed by atoms with E-state index in [4.69, 9.17) is 15.2 Å². The Morgan fingerprint density at radius 3 is 2.55 bits per heavy atom. The molecule has 112 valence electrons. The van der Waals surface area contributed by atoms with Gasteiger partial charge in [-0.25, -0.2) is 0 Å². The van der Waals surface area contributed by atoms with Crippen LogP contribution < -0.4 is 15.8 Å². The molecule has 1 amide bonds. The fourth-order valence-electron chi connectivity index (χ4n) is 1.43. The second kappa shape index (κ2) is 9.30. The second-order valence-electron chi connectivity index (χ2n) is 4.57. The van der Waals surface area contributed by atoms with Gasteiger partial charge in [-0.2, -0.15) is 0 Å². The number of nitrogens with two attached hydrogens (primary N) is 1. The molecule has 20 heavy (non-hydrogen) atoms. The van der Waals surface area contributed by atoms with Crippen molar-refractivity contribution >= 4 is 11.6 Å². The third-order valence-corrected chi connectivity index (χ3v) is 2.44. The summed E-state index contributed by atoms with van der Waals surface area (Å²) in [5, 5.41) is 2.73. The molecule has 0 aliphatic carbocycles. The van der Waals surface area contributed by atoms with Gasteiger partial charge in [0.15, 0.2) is 0 Å². The Labute approximate surface area is 119 Å². The van der Waals surface area contributed by atoms with Crippen LogP contribution in [0.5, 0.6) is 5.75 Å². The second-order valence-corrected chi connectivity index (χ2v) is 4.57. The average Bonchev–Trinajstić information content (AvgIpc) is 2.41. The van der Waals surface area contributed by atoms with Crippen LogP contribution in [-0.4, -0.2) is 57.8 Å². The Bertz CT molecular complexity index is 393. The molecule has 1 aromatic rings. The highest BCUT2D eigenvalue weighted by Crippen LogP contribution is 2.15. The molecule has 0 aliphatic heterocycles. The van der Waals surface area contributed by atoms with Crippen LogP contribution in [0.1, 0.15) is 0 Å². The zero-order valence-corrected chi connectivity index (χ0v) is 12.1. The van der Waals surface area contributed by atoms with E-state index in [2.05, 4.69) is 10.2 Å². The van der Waals surface area contributed by atoms with Crippen molar-refractivity contribution < 1.29 is 14.3 Å². The van der Waals surface area contributed by atoms with Crippen LogP contribution in [0.25, 0.3) is 0 Å². The first kappa shape index (κ1) is 16.4. The summed E-state index contributed by atoms with van der Waals surface area (Å²) in [6.45, 7) is 2.29. The Morgan fingerprint density at radius 1 is 1.25 bits per heavy atom. The maximum atomic E-state index is 11.5. The van der Waals surface area contributed by atoms with Gasteiger partial charge in [-0.3, -0.25) is 4.79 Å². The quantitative estimate of drug-likeness (QED) is 0.646. The minimum Gasteiger partial charge on any atom is -0.492 e. The topological polar surface area (TPSA) is 76.8 Å². The van der Waals surface area contributed by atoms with E-state index in [1.165, 1.54) is 0 Å². The molecule has 1 rings (SSSR count). The van der Waals surface area contributed by atoms with Crippen molar-refractivity contribution in [2.24, 2.45) is 5.73 Å². The van der Waals surface area contributed by atoms with Crippen LogP contribution in [0.15, 0.2) is 24.3 Å². The van der Waals surface area contributed by atoms with E-state index in [0.717, 1.165) is 12.3 Å². The first-order valence-corrected chi connectivity index (χ1v) is 6.57. The Kier molecular flexibility index (Phi) is 7.64. The Morgan fingerprint density at radius 2 is 1.95 bits per heavy atom. The lowest BCUT2D eigenvalue weighted by Crippen LogP contribution is -2.20. The number of nitrogens with zero attached hydrogens (tertiary/aromatic N) is 1. The van der Waals surface area contributed by atoms with Gasteiger partial charge in [-0.1, -0.05) is 0 Å². The maximum absolute atomic E-state index is 11.5. The van der Waals surface area contributed by atoms with Gasteiger partial charge >= 0.3 is 0 Å². The van der Waals surface area contributed by atoms with Gasteiger partial charge in [0.25, 0.3) is 0 Å². The molecule has 0 aromatic heterocycles. The van der Waals surface area contributed by atoms with E-state index in [9.17, 15) is 4.79 Å². The summed E-state index contributed by atoms with van der Waals surface area (Å²) in [5.41, 5.74) is 5.98. The van der Waals surface area contributed by atoms with Gasteiger partial charge in [0.05, 0.1) is 6.61 Å². The molecule has 0 bridgehead atoms. The molecule has 6 heteroatoms. The predicted octanol–water partition coefficient (Wildman–Crippen LogP) is 0.541. The number of hydrogen-bond donors (Lipinski definition) is 2. The lowest BCUT2D eigenvalue weighted by molar-refractivity contribution is -0.120. The van der Waals surface area contributed by atoms with Crippen LogP contribution in [0.3, 0.4) is 0 Å². The molecular formula is C14H23N3O3. The summed E-state index contributed by atoms with van der Waals surface area (Å²) in [7, 11) is 3.99. The largest absolute Gasteiger partial charge is 0.492 e. The number of likely N-dealkylation sites (N-methyl/N-ethyl adjacent to an activating group) is 1. The minimum atomic E-state index is -0.195. The summed E-state index contributed by atoms with van der Waals surface area (Å²) in [4.78, 5) is 13.6. The van der Waals surface area contributed by atoms with Crippen molar-refractivity contribution in [3.63, 3.8) is 0 Å². The van der Waals surface area contributed by atoms with Crippen molar-refractivity contribution in [2.45, 2.75) is 0 Å². The van der Waals surface area contributed by atoms with Crippen molar-refractivity contribution in [1.29, 1.82) is 0 Å². The zero-order chi connectivity index (χ0) is 14.8. The molecular weight excluding hydrogens is 258 g/mol. The van der Waals surface area contributed by atoms with Gasteiger partial charge < -0.3 is 25.4 Å². The first-order chi connectivity index (χ1) is 9.61. The fourth-order valence-corrected chi connectivity index (χ4v) is 1.43. The van der Waals surface area contributed by atoms with Gasteiger partial charge in [0.2, 0.25) is 5.91 Å². The number of nitrogens with one attached hydrogen (secondary N) is 1. The van der Waals surface area contributed by atoms with Gasteiger partial charge in [-0.05, 0) is 38.4 Å². The maximum Gasteiger partial charge on any atom is 0.250 e. The highest BCUT2D eigenvalue weighted by molar-refractivity contribution is 5.91. The van der Waals surface area contributed by atoms with Gasteiger partial charge in [0.1, 0.15) is 19.0 Å². The molecule has 1 aromatic carbocycles. The minimum absolute atomic E-state index is 0.0122. The molecule has 0 aliphatic rings. The lowest BCUT2D eigenvalue weighted by atomic mass is 10.3. The molecule has 0 unspecified atom stereocenters. The van der Waals surface area contributed by atoms with Crippen molar-refractivity contribution in [3.05, 3.63) is 24.3 Å². The van der Waals surface area contributed by atoms with Crippen LogP contribution in [0, 0.1) is 0 Å². The normalized spacial score (nSPS) is 10.6. The summed E-state index contributed by atoms with van der Waals surface area (Å²) < 4.78 is 10.6. The number of amides is 1. The number of carbonyl (C=O) groups excluding carboxylic acids is 1. The molecule has 6 nitrogen and oxygen atoms in total. The fraction of sp³-hybridized carbons (Fsp3) is 0.500. The summed E-state index contributed by atoms with van der Waals surface area (Å²) in [6, 6.07) is 7.25. The third-order valence-electron chi connectivity index (χ3n) is 2.44. The van der Waals surface area contributed by atoms with Crippen LogP contribution in [-0.2, 0) is 9.53 Å². The van der Waals surface area contributed by atoms with Crippen LogP contribution >= 0.6 is 0 Å². The molecule has 3 N–H and O–H groups in total. The molecule has 0 radical (unpaired) electrons. The van der Waals surface area contributed by atoms with E-state index in [1.54, 1.807) is 12.1 Å². The number of rotatable bonds is 9. The number of carbonyl (C=O) groups is 1. The standard InChI is InChI=1S/C14H23N3O3/c1-17(2)8-10-20-13-5-3-12(4-6-13)16-14(18)11-19-9-7-15/h3-6H,7-11,15H2,1-2H3,(H,16,18). The summed E-state index contributed by atoms with van der Waals surface area (Å²) in [6.07, 6.45) is 0. The molecule has 0 saturated heterocycles. The van der Waals surface area contributed by atoms with Crippen molar-refractivity contribution in [1.82, 2.24) is 4.90 Å². The predicted molar refractivity (Wildman–Crippen MR) is 79.0 cm³/mol. The smallest absolute Gasteiger partial charge is 0.250 e. The number of ether oxygens (including phenoxy) is 2. The number of anilines is 1. The first-order valence-electron chi connectivity index (χ1n) is 6.57. The third kappa shape index (κ3) is 7.08. The van der Waals surface area contributed by atoms with Crippen molar-refractivity contribution in [2.75, 3.05) is 52.3 Å². The van der Waals surface area contributed by atoms with E-state index >= 15 is 0 Å². The zero-order valence-electron chi connectivity index (χ0n) is 12.1. The molecule has 0 fully saturated rings. The van der Waals surface area contributed by atoms with Crippen molar-refractivity contribution in [3.8, 4) is 5.75 Å². The number of hydrogen-bond acceptors (Lipinski definition) is 5. The highest BCUT2D eigenvalue weighted by atomic mass is 16.5. The average molecular weight is 281 g/mol. The number of benzene rings is 1. The molecule has 0 saturated carbocycles. The SMILES string of the molecule is CN(C)CCOc1ccc(NC(=O)COCCN)cc1. The van der Waals surface area contributed by atoms with Crippen LogP contribution in [0.4, 0.5) is 5.69 Å². The molecule has 0 spiro atoms. The van der Waals surface area contributed by atoms with Gasteiger partial charge in [0, 0.05) is 18.8 Å². The Hall–Kier alpha value is -1.63. The summed E-state index contributed by atoms with van der Waals surface area (Å²) >= 11 is 0. The highest BCUT2D eigenvalue weighted by Gasteiger charge is 2.02. The van der Waals surface area contributed by atoms with E-state index < -0.39 is 0 Å². The summed E-state index contributed by atoms with van der Waals surface area (Å²) in [5.74, 6) is 0.587. The van der Waals surface area contributed by atoms with E-state index in [0.29, 0.717) is 25.4 Å². The molecule has 0 atom stereocenters. The molecule has 0 heterocycles. The van der Waals surface area contributed by atoms with E-state index in [1.807, 2.05) is 26.2 Å². The lowest BCUT2D eigenvalue weighted by Gasteiger charge is -2.11.